The highest BCUT2D eigenvalue weighted by molar-refractivity contribution is 9.10. The van der Waals surface area contributed by atoms with Crippen LogP contribution >= 0.6 is 27.3 Å². The van der Waals surface area contributed by atoms with Crippen molar-refractivity contribution in [3.05, 3.63) is 56.9 Å². The summed E-state index contributed by atoms with van der Waals surface area (Å²) in [6, 6.07) is 9.78. The van der Waals surface area contributed by atoms with Crippen LogP contribution in [0.2, 0.25) is 0 Å². The molecule has 1 amide bonds. The summed E-state index contributed by atoms with van der Waals surface area (Å²) < 4.78 is 2.56. The Bertz CT molecular complexity index is 1160. The second-order valence-electron chi connectivity index (χ2n) is 6.07. The molecule has 1 aromatic carbocycles. The van der Waals surface area contributed by atoms with Crippen molar-refractivity contribution >= 4 is 44.1 Å². The average Bonchev–Trinajstić information content (AvgIpc) is 3.19. The molecule has 0 unspecified atom stereocenters. The Labute approximate surface area is 167 Å². The highest BCUT2D eigenvalue weighted by Crippen LogP contribution is 2.31. The lowest BCUT2D eigenvalue weighted by Crippen LogP contribution is -2.13. The molecular formula is C18H15BrN6OS. The Morgan fingerprint density at radius 3 is 2.59 bits per heavy atom. The minimum Gasteiger partial charge on any atom is -0.295 e. The van der Waals surface area contributed by atoms with E-state index < -0.39 is 5.91 Å². The van der Waals surface area contributed by atoms with Crippen molar-refractivity contribution in [3.63, 3.8) is 0 Å². The first-order chi connectivity index (χ1) is 12.9. The van der Waals surface area contributed by atoms with Crippen molar-refractivity contribution in [1.29, 1.82) is 0 Å². The lowest BCUT2D eigenvalue weighted by atomic mass is 10.1. The van der Waals surface area contributed by atoms with Crippen LogP contribution in [0.4, 0.5) is 5.13 Å². The molecule has 9 heteroatoms. The van der Waals surface area contributed by atoms with E-state index >= 15 is 0 Å². The molecule has 3 heterocycles. The first-order valence-electron chi connectivity index (χ1n) is 8.16. The zero-order chi connectivity index (χ0) is 19.1. The lowest BCUT2D eigenvalue weighted by Gasteiger charge is -1.99. The highest BCUT2D eigenvalue weighted by Gasteiger charge is 2.18. The van der Waals surface area contributed by atoms with Crippen LogP contribution < -0.4 is 5.32 Å². The number of carbonyl (C=O) groups excluding carboxylic acids is 1. The number of rotatable bonds is 3. The van der Waals surface area contributed by atoms with Crippen molar-refractivity contribution in [2.24, 2.45) is 0 Å². The second kappa shape index (κ2) is 6.82. The molecule has 0 aliphatic heterocycles. The maximum absolute atomic E-state index is 12.6. The molecule has 3 aromatic heterocycles. The quantitative estimate of drug-likeness (QED) is 0.513. The van der Waals surface area contributed by atoms with Gasteiger partial charge in [-0.1, -0.05) is 28.1 Å². The number of nitrogens with zero attached hydrogens (tertiary/aromatic N) is 5. The van der Waals surface area contributed by atoms with Gasteiger partial charge in [-0.15, -0.1) is 16.4 Å². The third-order valence-corrected chi connectivity index (χ3v) is 5.37. The van der Waals surface area contributed by atoms with Crippen LogP contribution in [0.15, 0.2) is 34.8 Å². The van der Waals surface area contributed by atoms with E-state index in [9.17, 15) is 4.79 Å². The molecule has 136 valence electrons. The molecule has 27 heavy (non-hydrogen) atoms. The standard InChI is InChI=1S/C18H15BrN6OS/c1-9-8-10(2)25-17(20-9)22-15(24-25)16(26)23-18-21-14(11(3)27-18)12-4-6-13(19)7-5-12/h4-8H,1-3H3,(H,21,23,26). The van der Waals surface area contributed by atoms with Crippen molar-refractivity contribution in [2.75, 3.05) is 5.32 Å². The molecule has 0 bridgehead atoms. The van der Waals surface area contributed by atoms with Gasteiger partial charge in [0.25, 0.3) is 11.7 Å². The summed E-state index contributed by atoms with van der Waals surface area (Å²) in [5, 5.41) is 7.55. The third-order valence-electron chi connectivity index (χ3n) is 3.96. The minimum absolute atomic E-state index is 0.0641. The molecule has 4 rings (SSSR count). The normalized spacial score (nSPS) is 11.1. The first-order valence-corrected chi connectivity index (χ1v) is 9.77. The number of halogens is 1. The summed E-state index contributed by atoms with van der Waals surface area (Å²) in [6.45, 7) is 5.75. The Morgan fingerprint density at radius 1 is 1.11 bits per heavy atom. The fraction of sp³-hybridized carbons (Fsp3) is 0.167. The summed E-state index contributed by atoms with van der Waals surface area (Å²) in [5.41, 5.74) is 3.54. The van der Waals surface area contributed by atoms with E-state index in [1.807, 2.05) is 51.1 Å². The maximum atomic E-state index is 12.6. The maximum Gasteiger partial charge on any atom is 0.297 e. The van der Waals surface area contributed by atoms with Gasteiger partial charge in [0.15, 0.2) is 5.13 Å². The van der Waals surface area contributed by atoms with E-state index in [1.54, 1.807) is 4.52 Å². The zero-order valence-electron chi connectivity index (χ0n) is 14.8. The molecule has 0 spiro atoms. The minimum atomic E-state index is -0.409. The number of thiazole rings is 1. The highest BCUT2D eigenvalue weighted by atomic mass is 79.9. The van der Waals surface area contributed by atoms with Crippen LogP contribution in [0.25, 0.3) is 17.0 Å². The lowest BCUT2D eigenvalue weighted by molar-refractivity contribution is 0.101. The van der Waals surface area contributed by atoms with Gasteiger partial charge in [0.1, 0.15) is 0 Å². The SMILES string of the molecule is Cc1cc(C)n2nc(C(=O)Nc3nc(-c4ccc(Br)cc4)c(C)s3)nc2n1. The van der Waals surface area contributed by atoms with Crippen molar-refractivity contribution in [3.8, 4) is 11.3 Å². The number of aryl methyl sites for hydroxylation is 3. The first kappa shape index (κ1) is 17.7. The molecule has 0 radical (unpaired) electrons. The van der Waals surface area contributed by atoms with E-state index in [0.29, 0.717) is 10.9 Å². The van der Waals surface area contributed by atoms with E-state index in [0.717, 1.165) is 32.0 Å². The topological polar surface area (TPSA) is 85.1 Å². The monoisotopic (exact) mass is 442 g/mol. The van der Waals surface area contributed by atoms with Gasteiger partial charge >= 0.3 is 0 Å². The smallest absolute Gasteiger partial charge is 0.295 e. The summed E-state index contributed by atoms with van der Waals surface area (Å²) in [6.07, 6.45) is 0. The summed E-state index contributed by atoms with van der Waals surface area (Å²) in [4.78, 5) is 26.7. The van der Waals surface area contributed by atoms with E-state index in [2.05, 4.69) is 41.3 Å². The van der Waals surface area contributed by atoms with Gasteiger partial charge in [-0.05, 0) is 39.0 Å². The van der Waals surface area contributed by atoms with Gasteiger partial charge in [0, 0.05) is 26.3 Å². The van der Waals surface area contributed by atoms with Gasteiger partial charge in [-0.2, -0.15) is 4.98 Å². The molecule has 0 fully saturated rings. The van der Waals surface area contributed by atoms with Crippen molar-refractivity contribution in [2.45, 2.75) is 20.8 Å². The van der Waals surface area contributed by atoms with Crippen LogP contribution in [0.1, 0.15) is 26.9 Å². The largest absolute Gasteiger partial charge is 0.297 e. The predicted octanol–water partition coefficient (Wildman–Crippen LogP) is 4.19. The fourth-order valence-electron chi connectivity index (χ4n) is 2.74. The number of hydrogen-bond donors (Lipinski definition) is 1. The number of hydrogen-bond acceptors (Lipinski definition) is 6. The van der Waals surface area contributed by atoms with Crippen LogP contribution in [-0.2, 0) is 0 Å². The van der Waals surface area contributed by atoms with Gasteiger partial charge in [0.2, 0.25) is 5.82 Å². The van der Waals surface area contributed by atoms with Gasteiger partial charge in [-0.25, -0.2) is 14.5 Å². The summed E-state index contributed by atoms with van der Waals surface area (Å²) in [7, 11) is 0. The molecule has 0 saturated heterocycles. The molecule has 0 saturated carbocycles. The Hall–Kier alpha value is -2.65. The number of benzene rings is 1. The number of amides is 1. The van der Waals surface area contributed by atoms with Crippen LogP contribution in [0.5, 0.6) is 0 Å². The third kappa shape index (κ3) is 3.47. The predicted molar refractivity (Wildman–Crippen MR) is 108 cm³/mol. The Balaban J connectivity index is 1.61. The van der Waals surface area contributed by atoms with Crippen LogP contribution in [-0.4, -0.2) is 30.5 Å². The number of anilines is 1. The van der Waals surface area contributed by atoms with Gasteiger partial charge in [0.05, 0.1) is 5.69 Å². The summed E-state index contributed by atoms with van der Waals surface area (Å²) >= 11 is 4.84. The number of carbonyl (C=O) groups is 1. The molecule has 0 aliphatic carbocycles. The van der Waals surface area contributed by atoms with Crippen LogP contribution in [0.3, 0.4) is 0 Å². The van der Waals surface area contributed by atoms with Crippen LogP contribution in [0, 0.1) is 20.8 Å². The van der Waals surface area contributed by atoms with E-state index in [-0.39, 0.29) is 5.82 Å². The number of nitrogens with one attached hydrogen (secondary N) is 1. The molecule has 7 nitrogen and oxygen atoms in total. The second-order valence-corrected chi connectivity index (χ2v) is 8.19. The molecule has 1 N–H and O–H groups in total. The fourth-order valence-corrected chi connectivity index (χ4v) is 3.84. The average molecular weight is 443 g/mol. The molecule has 0 aliphatic rings. The molecule has 4 aromatic rings. The Kier molecular flexibility index (Phi) is 4.48. The van der Waals surface area contributed by atoms with Gasteiger partial charge < -0.3 is 0 Å². The van der Waals surface area contributed by atoms with Gasteiger partial charge in [-0.3, -0.25) is 10.1 Å². The molecular weight excluding hydrogens is 428 g/mol. The van der Waals surface area contributed by atoms with Crippen molar-refractivity contribution < 1.29 is 4.79 Å². The zero-order valence-corrected chi connectivity index (χ0v) is 17.2. The van der Waals surface area contributed by atoms with E-state index in [1.165, 1.54) is 11.3 Å². The summed E-state index contributed by atoms with van der Waals surface area (Å²) in [5.74, 6) is 0.0615. The Morgan fingerprint density at radius 2 is 1.85 bits per heavy atom. The molecule has 0 atom stereocenters. The van der Waals surface area contributed by atoms with E-state index in [4.69, 9.17) is 0 Å². The van der Waals surface area contributed by atoms with Crippen molar-refractivity contribution in [1.82, 2.24) is 24.6 Å². The number of aromatic nitrogens is 5. The number of fused-ring (bicyclic) bond motifs is 1.